The van der Waals surface area contributed by atoms with E-state index in [0.717, 1.165) is 6.42 Å². The predicted molar refractivity (Wildman–Crippen MR) is 59.7 cm³/mol. The van der Waals surface area contributed by atoms with E-state index >= 15 is 0 Å². The van der Waals surface area contributed by atoms with Gasteiger partial charge >= 0.3 is 5.97 Å². The molecule has 0 bridgehead atoms. The van der Waals surface area contributed by atoms with Gasteiger partial charge in [0.05, 0.1) is 18.3 Å². The lowest BCUT2D eigenvalue weighted by Crippen LogP contribution is -2.35. The highest BCUT2D eigenvalue weighted by Gasteiger charge is 2.16. The number of hydrogen-bond acceptors (Lipinski definition) is 4. The van der Waals surface area contributed by atoms with Crippen LogP contribution in [0.4, 0.5) is 0 Å². The molecule has 0 aromatic carbocycles. The molecule has 0 spiro atoms. The molecular formula is C9H19NO5S. The van der Waals surface area contributed by atoms with E-state index in [-0.39, 0.29) is 18.7 Å². The molecule has 2 N–H and O–H groups in total. The Kier molecular flexibility index (Phi) is 7.27. The second-order valence-electron chi connectivity index (χ2n) is 3.48. The van der Waals surface area contributed by atoms with Crippen LogP contribution in [0, 0.1) is 0 Å². The monoisotopic (exact) mass is 253 g/mol. The van der Waals surface area contributed by atoms with Gasteiger partial charge in [-0.2, -0.15) is 0 Å². The molecule has 0 saturated heterocycles. The maximum absolute atomic E-state index is 11.4. The molecule has 0 rings (SSSR count). The van der Waals surface area contributed by atoms with Crippen molar-refractivity contribution in [3.05, 3.63) is 0 Å². The zero-order valence-corrected chi connectivity index (χ0v) is 10.4. The van der Waals surface area contributed by atoms with Gasteiger partial charge in [0.1, 0.15) is 0 Å². The second-order valence-corrected chi connectivity index (χ2v) is 5.40. The Morgan fingerprint density at radius 1 is 1.50 bits per heavy atom. The van der Waals surface area contributed by atoms with E-state index in [1.807, 2.05) is 6.92 Å². The molecule has 0 aliphatic rings. The van der Waals surface area contributed by atoms with Crippen LogP contribution < -0.4 is 4.72 Å². The third-order valence-electron chi connectivity index (χ3n) is 2.03. The minimum atomic E-state index is -3.31. The van der Waals surface area contributed by atoms with Gasteiger partial charge in [-0.15, -0.1) is 0 Å². The Balaban J connectivity index is 4.04. The highest BCUT2D eigenvalue weighted by Crippen LogP contribution is 1.98. The topological polar surface area (TPSA) is 92.7 Å². The van der Waals surface area contributed by atoms with Gasteiger partial charge < -0.3 is 9.84 Å². The van der Waals surface area contributed by atoms with E-state index in [4.69, 9.17) is 9.84 Å². The van der Waals surface area contributed by atoms with Crippen LogP contribution in [0.5, 0.6) is 0 Å². The van der Waals surface area contributed by atoms with E-state index in [1.54, 1.807) is 0 Å². The predicted octanol–water partition coefficient (Wildman–Crippen LogP) is 0.196. The van der Waals surface area contributed by atoms with Crippen molar-refractivity contribution in [2.75, 3.05) is 19.4 Å². The zero-order valence-electron chi connectivity index (χ0n) is 9.60. The van der Waals surface area contributed by atoms with Crippen molar-refractivity contribution >= 4 is 16.0 Å². The Morgan fingerprint density at radius 2 is 2.12 bits per heavy atom. The van der Waals surface area contributed by atoms with Gasteiger partial charge in [-0.1, -0.05) is 13.3 Å². The molecule has 0 radical (unpaired) electrons. The summed E-state index contributed by atoms with van der Waals surface area (Å²) in [5, 5.41) is 8.53. The zero-order chi connectivity index (χ0) is 12.6. The maximum Gasteiger partial charge on any atom is 0.306 e. The van der Waals surface area contributed by atoms with Crippen molar-refractivity contribution < 1.29 is 23.1 Å². The number of ether oxygens (including phenoxy) is 1. The first-order valence-electron chi connectivity index (χ1n) is 5.13. The van der Waals surface area contributed by atoms with Crippen LogP contribution in [-0.2, 0) is 19.6 Å². The van der Waals surface area contributed by atoms with Gasteiger partial charge in [0.15, 0.2) is 0 Å². The van der Waals surface area contributed by atoms with Crippen LogP contribution in [0.3, 0.4) is 0 Å². The number of unbranched alkanes of at least 4 members (excludes halogenated alkanes) is 1. The summed E-state index contributed by atoms with van der Waals surface area (Å²) in [6.07, 6.45) is 0.538. The second kappa shape index (κ2) is 7.59. The van der Waals surface area contributed by atoms with Crippen molar-refractivity contribution in [3.63, 3.8) is 0 Å². The molecule has 0 heterocycles. The molecule has 0 amide bonds. The van der Waals surface area contributed by atoms with Crippen molar-refractivity contribution in [2.45, 2.75) is 32.3 Å². The number of carboxylic acid groups (broad SMARTS) is 1. The fourth-order valence-electron chi connectivity index (χ4n) is 1.06. The van der Waals surface area contributed by atoms with Gasteiger partial charge in [-0.25, -0.2) is 13.1 Å². The molecule has 96 valence electrons. The first-order chi connectivity index (χ1) is 7.41. The summed E-state index contributed by atoms with van der Waals surface area (Å²) >= 11 is 0. The van der Waals surface area contributed by atoms with Crippen LogP contribution in [0.2, 0.25) is 0 Å². The molecule has 0 aliphatic carbocycles. The lowest BCUT2D eigenvalue weighted by Gasteiger charge is -2.13. The smallest absolute Gasteiger partial charge is 0.306 e. The minimum absolute atomic E-state index is 0.00511. The normalized spacial score (nSPS) is 13.6. The van der Waals surface area contributed by atoms with Gasteiger partial charge in [0, 0.05) is 13.7 Å². The largest absolute Gasteiger partial charge is 0.481 e. The molecule has 16 heavy (non-hydrogen) atoms. The number of carboxylic acids is 1. The van der Waals surface area contributed by atoms with Crippen molar-refractivity contribution in [1.29, 1.82) is 0 Å². The van der Waals surface area contributed by atoms with Crippen molar-refractivity contribution in [3.8, 4) is 0 Å². The molecule has 1 unspecified atom stereocenters. The summed E-state index contributed by atoms with van der Waals surface area (Å²) < 4.78 is 30.0. The summed E-state index contributed by atoms with van der Waals surface area (Å²) in [5.41, 5.74) is 0. The number of nitrogens with one attached hydrogen (secondary N) is 1. The highest BCUT2D eigenvalue weighted by molar-refractivity contribution is 7.89. The third kappa shape index (κ3) is 7.61. The molecule has 0 saturated carbocycles. The standard InChI is InChI=1S/C9H19NO5S/c1-3-4-5-16(13,14)10-7-8(15-2)6-9(11)12/h8,10H,3-7H2,1-2H3,(H,11,12). The summed E-state index contributed by atoms with van der Waals surface area (Å²) in [6, 6.07) is 0. The number of carbonyl (C=O) groups is 1. The fourth-order valence-corrected chi connectivity index (χ4v) is 2.31. The lowest BCUT2D eigenvalue weighted by atomic mass is 10.2. The summed E-state index contributed by atoms with van der Waals surface area (Å²) in [5.74, 6) is -0.952. The van der Waals surface area contributed by atoms with Crippen LogP contribution in [0.25, 0.3) is 0 Å². The van der Waals surface area contributed by atoms with Crippen LogP contribution >= 0.6 is 0 Å². The van der Waals surface area contributed by atoms with Gasteiger partial charge in [0.25, 0.3) is 0 Å². The highest BCUT2D eigenvalue weighted by atomic mass is 32.2. The van der Waals surface area contributed by atoms with Gasteiger partial charge in [-0.05, 0) is 6.42 Å². The minimum Gasteiger partial charge on any atom is -0.481 e. The molecule has 0 aromatic rings. The third-order valence-corrected chi connectivity index (χ3v) is 3.47. The van der Waals surface area contributed by atoms with Crippen LogP contribution in [-0.4, -0.2) is 45.0 Å². The molecule has 0 fully saturated rings. The molecule has 7 heteroatoms. The van der Waals surface area contributed by atoms with E-state index in [2.05, 4.69) is 4.72 Å². The maximum atomic E-state index is 11.4. The fraction of sp³-hybridized carbons (Fsp3) is 0.889. The molecule has 0 aliphatic heterocycles. The van der Waals surface area contributed by atoms with Crippen LogP contribution in [0.1, 0.15) is 26.2 Å². The Labute approximate surface area is 96.0 Å². The van der Waals surface area contributed by atoms with E-state index in [9.17, 15) is 13.2 Å². The Bertz CT molecular complexity index is 301. The Morgan fingerprint density at radius 3 is 2.56 bits per heavy atom. The van der Waals surface area contributed by atoms with Crippen molar-refractivity contribution in [1.82, 2.24) is 4.72 Å². The number of aliphatic carboxylic acids is 1. The number of sulfonamides is 1. The number of hydrogen-bond donors (Lipinski definition) is 2. The first-order valence-corrected chi connectivity index (χ1v) is 6.78. The Hall–Kier alpha value is -0.660. The van der Waals surface area contributed by atoms with E-state index in [1.165, 1.54) is 7.11 Å². The quantitative estimate of drug-likeness (QED) is 0.612. The molecule has 1 atom stereocenters. The van der Waals surface area contributed by atoms with E-state index in [0.29, 0.717) is 6.42 Å². The van der Waals surface area contributed by atoms with Crippen LogP contribution in [0.15, 0.2) is 0 Å². The molecule has 0 aromatic heterocycles. The number of methoxy groups -OCH3 is 1. The summed E-state index contributed by atoms with van der Waals surface area (Å²) in [6.45, 7) is 1.90. The summed E-state index contributed by atoms with van der Waals surface area (Å²) in [4.78, 5) is 10.4. The summed E-state index contributed by atoms with van der Waals surface area (Å²) in [7, 11) is -1.95. The molecule has 6 nitrogen and oxygen atoms in total. The van der Waals surface area contributed by atoms with Crippen molar-refractivity contribution in [2.24, 2.45) is 0 Å². The molecular weight excluding hydrogens is 234 g/mol. The first kappa shape index (κ1) is 15.3. The average Bonchev–Trinajstić information content (AvgIpc) is 2.21. The van der Waals surface area contributed by atoms with Gasteiger partial charge in [-0.3, -0.25) is 4.79 Å². The van der Waals surface area contributed by atoms with Gasteiger partial charge in [0.2, 0.25) is 10.0 Å². The SMILES string of the molecule is CCCCS(=O)(=O)NCC(CC(=O)O)OC. The average molecular weight is 253 g/mol. The lowest BCUT2D eigenvalue weighted by molar-refractivity contribution is -0.139. The van der Waals surface area contributed by atoms with E-state index < -0.39 is 22.1 Å². The number of rotatable bonds is 9.